The minimum Gasteiger partial charge on any atom is -0.384 e. The van der Waals surface area contributed by atoms with Crippen molar-refractivity contribution in [3.05, 3.63) is 41.3 Å². The van der Waals surface area contributed by atoms with E-state index < -0.39 is 0 Å². The highest BCUT2D eigenvalue weighted by Crippen LogP contribution is 2.23. The summed E-state index contributed by atoms with van der Waals surface area (Å²) in [5.41, 5.74) is 8.80. The van der Waals surface area contributed by atoms with Crippen molar-refractivity contribution >= 4 is 23.9 Å². The fourth-order valence-corrected chi connectivity index (χ4v) is 3.57. The van der Waals surface area contributed by atoms with Crippen molar-refractivity contribution in [1.82, 2.24) is 19.9 Å². The first-order valence-corrected chi connectivity index (χ1v) is 9.73. The number of nitrogens with one attached hydrogen (secondary N) is 1. The molecule has 1 saturated carbocycles. The Bertz CT molecular complexity index is 761. The Kier molecular flexibility index (Phi) is 6.40. The van der Waals surface area contributed by atoms with Crippen molar-refractivity contribution in [3.63, 3.8) is 0 Å². The number of hydrogen-bond donors (Lipinski definition) is 2. The van der Waals surface area contributed by atoms with E-state index in [-0.39, 0.29) is 0 Å². The number of nitrogens with two attached hydrogens (primary N) is 1. The predicted molar refractivity (Wildman–Crippen MR) is 112 cm³/mol. The van der Waals surface area contributed by atoms with Crippen LogP contribution < -0.4 is 11.1 Å². The smallest absolute Gasteiger partial charge is 0.222 e. The highest BCUT2D eigenvalue weighted by atomic mass is 15.1. The zero-order valence-electron chi connectivity index (χ0n) is 16.5. The molecule has 0 unspecified atom stereocenters. The molecule has 0 saturated heterocycles. The number of anilines is 2. The second-order valence-corrected chi connectivity index (χ2v) is 7.41. The summed E-state index contributed by atoms with van der Waals surface area (Å²) < 4.78 is 0. The maximum absolute atomic E-state index is 5.76. The number of rotatable bonds is 6. The summed E-state index contributed by atoms with van der Waals surface area (Å²) in [6.07, 6.45) is 13.4. The Morgan fingerprint density at radius 3 is 2.44 bits per heavy atom. The maximum atomic E-state index is 5.76. The Hall–Kier alpha value is -2.47. The third kappa shape index (κ3) is 5.26. The molecule has 6 nitrogen and oxygen atoms in total. The molecule has 1 aliphatic carbocycles. The normalized spacial score (nSPS) is 20.3. The Morgan fingerprint density at radius 2 is 1.81 bits per heavy atom. The molecule has 27 heavy (non-hydrogen) atoms. The van der Waals surface area contributed by atoms with Gasteiger partial charge in [0.05, 0.1) is 0 Å². The number of hydrogen-bond acceptors (Lipinski definition) is 6. The van der Waals surface area contributed by atoms with Crippen LogP contribution in [0.5, 0.6) is 0 Å². The van der Waals surface area contributed by atoms with E-state index in [1.54, 1.807) is 0 Å². The number of aromatic nitrogens is 3. The summed E-state index contributed by atoms with van der Waals surface area (Å²) in [6, 6.07) is 4.99. The molecule has 0 bridgehead atoms. The van der Waals surface area contributed by atoms with Crippen LogP contribution in [0.3, 0.4) is 0 Å². The van der Waals surface area contributed by atoms with Gasteiger partial charge in [-0.05, 0) is 63.9 Å². The van der Waals surface area contributed by atoms with Crippen molar-refractivity contribution in [3.8, 4) is 0 Å². The van der Waals surface area contributed by atoms with Gasteiger partial charge in [-0.1, -0.05) is 19.1 Å². The van der Waals surface area contributed by atoms with E-state index in [0.717, 1.165) is 36.1 Å². The van der Waals surface area contributed by atoms with Gasteiger partial charge in [0, 0.05) is 35.7 Å². The molecule has 1 fully saturated rings. The molecule has 1 aliphatic rings. The second-order valence-electron chi connectivity index (χ2n) is 7.41. The van der Waals surface area contributed by atoms with Gasteiger partial charge in [-0.25, -0.2) is 15.0 Å². The lowest BCUT2D eigenvalue weighted by atomic mass is 9.91. The third-order valence-corrected chi connectivity index (χ3v) is 5.25. The van der Waals surface area contributed by atoms with Gasteiger partial charge < -0.3 is 16.0 Å². The van der Waals surface area contributed by atoms with Gasteiger partial charge in [0.25, 0.3) is 0 Å². The predicted octanol–water partition coefficient (Wildman–Crippen LogP) is 3.47. The summed E-state index contributed by atoms with van der Waals surface area (Å²) in [7, 11) is 4.33. The van der Waals surface area contributed by atoms with Crippen LogP contribution in [-0.2, 0) is 6.42 Å². The van der Waals surface area contributed by atoms with Crippen LogP contribution in [0, 0.1) is 0 Å². The van der Waals surface area contributed by atoms with Crippen molar-refractivity contribution in [2.45, 2.75) is 51.1 Å². The maximum Gasteiger partial charge on any atom is 0.222 e. The van der Waals surface area contributed by atoms with Crippen LogP contribution in [0.15, 0.2) is 24.5 Å². The van der Waals surface area contributed by atoms with Gasteiger partial charge in [-0.3, -0.25) is 0 Å². The van der Waals surface area contributed by atoms with Crippen LogP contribution in [0.4, 0.5) is 11.8 Å². The van der Waals surface area contributed by atoms with E-state index in [2.05, 4.69) is 46.2 Å². The third-order valence-electron chi connectivity index (χ3n) is 5.25. The molecular formula is C21H30N6. The van der Waals surface area contributed by atoms with Crippen LogP contribution in [0.2, 0.25) is 0 Å². The monoisotopic (exact) mass is 366 g/mol. The molecule has 0 aliphatic heterocycles. The quantitative estimate of drug-likeness (QED) is 0.815. The van der Waals surface area contributed by atoms with Gasteiger partial charge >= 0.3 is 0 Å². The van der Waals surface area contributed by atoms with Crippen LogP contribution in [0.25, 0.3) is 12.2 Å². The molecule has 0 aromatic carbocycles. The molecule has 0 amide bonds. The Morgan fingerprint density at radius 1 is 1.11 bits per heavy atom. The number of aryl methyl sites for hydroxylation is 1. The van der Waals surface area contributed by atoms with E-state index in [1.165, 1.54) is 12.8 Å². The molecule has 144 valence electrons. The van der Waals surface area contributed by atoms with E-state index in [1.807, 2.05) is 36.7 Å². The van der Waals surface area contributed by atoms with Crippen LogP contribution >= 0.6 is 0 Å². The van der Waals surface area contributed by atoms with E-state index in [9.17, 15) is 0 Å². The standard InChI is InChI=1S/C21H30N6/c1-4-19-16(7-12-20(22)26-19)6-5-15-13-23-21(24-14-15)25-17-8-10-18(11-9-17)27(2)3/h5-7,12-14,17-18H,4,8-11H2,1-3H3,(H2,22,26)(H,23,24,25)/b6-5+. The first-order chi connectivity index (χ1) is 13.0. The highest BCUT2D eigenvalue weighted by Gasteiger charge is 2.22. The summed E-state index contributed by atoms with van der Waals surface area (Å²) in [4.78, 5) is 15.7. The first kappa shape index (κ1) is 19.3. The molecule has 0 atom stereocenters. The molecule has 3 N–H and O–H groups in total. The van der Waals surface area contributed by atoms with Crippen LogP contribution in [0.1, 0.15) is 49.4 Å². The van der Waals surface area contributed by atoms with Gasteiger partial charge in [0.1, 0.15) is 5.82 Å². The van der Waals surface area contributed by atoms with Crippen molar-refractivity contribution in [1.29, 1.82) is 0 Å². The lowest BCUT2D eigenvalue weighted by Gasteiger charge is -2.32. The molecule has 3 rings (SSSR count). The topological polar surface area (TPSA) is 80.0 Å². The fourth-order valence-electron chi connectivity index (χ4n) is 3.57. The summed E-state index contributed by atoms with van der Waals surface area (Å²) in [5, 5.41) is 3.48. The largest absolute Gasteiger partial charge is 0.384 e. The SMILES string of the molecule is CCc1nc(N)ccc1/C=C/c1cnc(NC2CCC(N(C)C)CC2)nc1. The molecular weight excluding hydrogens is 336 g/mol. The van der Waals surface area contributed by atoms with Crippen molar-refractivity contribution in [2.24, 2.45) is 0 Å². The minimum atomic E-state index is 0.468. The Balaban J connectivity index is 1.58. The van der Waals surface area contributed by atoms with Crippen LogP contribution in [-0.4, -0.2) is 46.0 Å². The highest BCUT2D eigenvalue weighted by molar-refractivity contribution is 5.70. The molecule has 2 aromatic heterocycles. The zero-order chi connectivity index (χ0) is 19.2. The first-order valence-electron chi connectivity index (χ1n) is 9.73. The van der Waals surface area contributed by atoms with E-state index in [4.69, 9.17) is 5.73 Å². The van der Waals surface area contributed by atoms with Gasteiger partial charge in [0.2, 0.25) is 5.95 Å². The minimum absolute atomic E-state index is 0.468. The lowest BCUT2D eigenvalue weighted by Crippen LogP contribution is -2.36. The van der Waals surface area contributed by atoms with Crippen molar-refractivity contribution in [2.75, 3.05) is 25.1 Å². The van der Waals surface area contributed by atoms with Crippen molar-refractivity contribution < 1.29 is 0 Å². The molecule has 0 radical (unpaired) electrons. The van der Waals surface area contributed by atoms with Gasteiger partial charge in [-0.15, -0.1) is 0 Å². The van der Waals surface area contributed by atoms with Gasteiger partial charge in [-0.2, -0.15) is 0 Å². The molecule has 2 heterocycles. The number of nitrogen functional groups attached to an aromatic ring is 1. The van der Waals surface area contributed by atoms with E-state index in [0.29, 0.717) is 23.8 Å². The van der Waals surface area contributed by atoms with E-state index >= 15 is 0 Å². The summed E-state index contributed by atoms with van der Waals surface area (Å²) in [5.74, 6) is 1.27. The average Bonchev–Trinajstić information content (AvgIpc) is 2.68. The molecule has 0 spiro atoms. The second kappa shape index (κ2) is 8.95. The molecule has 2 aromatic rings. The number of nitrogens with zero attached hydrogens (tertiary/aromatic N) is 4. The molecule has 6 heteroatoms. The summed E-state index contributed by atoms with van der Waals surface area (Å²) in [6.45, 7) is 2.08. The average molecular weight is 367 g/mol. The number of pyridine rings is 1. The lowest BCUT2D eigenvalue weighted by molar-refractivity contribution is 0.221. The zero-order valence-corrected chi connectivity index (χ0v) is 16.5. The summed E-state index contributed by atoms with van der Waals surface area (Å²) >= 11 is 0. The fraction of sp³-hybridized carbons (Fsp3) is 0.476. The van der Waals surface area contributed by atoms with Gasteiger partial charge in [0.15, 0.2) is 0 Å². The Labute approximate surface area is 161 Å².